The van der Waals surface area contributed by atoms with Crippen molar-refractivity contribution >= 4 is 15.9 Å². The number of aromatic nitrogens is 1. The van der Waals surface area contributed by atoms with Crippen molar-refractivity contribution in [1.29, 1.82) is 0 Å². The zero-order valence-electron chi connectivity index (χ0n) is 11.1. The fourth-order valence-electron chi connectivity index (χ4n) is 1.70. The summed E-state index contributed by atoms with van der Waals surface area (Å²) in [4.78, 5) is 4.20. The molecule has 0 aliphatic heterocycles. The third kappa shape index (κ3) is 4.02. The van der Waals surface area contributed by atoms with E-state index in [-0.39, 0.29) is 11.9 Å². The van der Waals surface area contributed by atoms with E-state index in [0.717, 1.165) is 18.4 Å². The summed E-state index contributed by atoms with van der Waals surface area (Å²) in [5.41, 5.74) is 6.96. The van der Waals surface area contributed by atoms with Gasteiger partial charge in [-0.3, -0.25) is 0 Å². The van der Waals surface area contributed by atoms with E-state index < -0.39 is 0 Å². The first-order valence-corrected chi connectivity index (χ1v) is 7.21. The molecule has 1 aromatic carbocycles. The van der Waals surface area contributed by atoms with Crippen LogP contribution >= 0.6 is 15.9 Å². The molecule has 1 atom stereocenters. The number of ether oxygens (including phenoxy) is 1. The van der Waals surface area contributed by atoms with Crippen LogP contribution in [0.5, 0.6) is 11.6 Å². The molecule has 0 amide bonds. The van der Waals surface area contributed by atoms with Crippen LogP contribution in [0.3, 0.4) is 0 Å². The van der Waals surface area contributed by atoms with Crippen LogP contribution in [0.2, 0.25) is 0 Å². The van der Waals surface area contributed by atoms with Gasteiger partial charge in [-0.2, -0.15) is 0 Å². The number of hydrogen-bond acceptors (Lipinski definition) is 3. The standard InChI is InChI=1S/C15H16BrFN2O/c1-2-11(18)7-10-3-6-15(19-9-10)20-12-4-5-13(16)14(17)8-12/h3-6,8-9,11H,2,7,18H2,1H3. The van der Waals surface area contributed by atoms with E-state index in [4.69, 9.17) is 10.5 Å². The van der Waals surface area contributed by atoms with Crippen molar-refractivity contribution in [2.24, 2.45) is 5.73 Å². The Bertz CT molecular complexity index is 575. The van der Waals surface area contributed by atoms with E-state index in [0.29, 0.717) is 16.1 Å². The van der Waals surface area contributed by atoms with Gasteiger partial charge >= 0.3 is 0 Å². The molecule has 2 aromatic rings. The molecule has 0 aliphatic rings. The van der Waals surface area contributed by atoms with Gasteiger partial charge in [0.25, 0.3) is 0 Å². The summed E-state index contributed by atoms with van der Waals surface area (Å²) in [6.45, 7) is 2.05. The van der Waals surface area contributed by atoms with E-state index >= 15 is 0 Å². The third-order valence-electron chi connectivity index (χ3n) is 2.93. The monoisotopic (exact) mass is 338 g/mol. The molecule has 0 radical (unpaired) electrons. The maximum atomic E-state index is 13.4. The molecule has 1 aromatic heterocycles. The van der Waals surface area contributed by atoms with Crippen LogP contribution in [0.1, 0.15) is 18.9 Å². The summed E-state index contributed by atoms with van der Waals surface area (Å²) >= 11 is 3.10. The summed E-state index contributed by atoms with van der Waals surface area (Å²) < 4.78 is 19.3. The van der Waals surface area contributed by atoms with Gasteiger partial charge in [0.2, 0.25) is 5.88 Å². The summed E-state index contributed by atoms with van der Waals surface area (Å²) in [5.74, 6) is 0.477. The molecule has 1 heterocycles. The van der Waals surface area contributed by atoms with Crippen molar-refractivity contribution < 1.29 is 9.13 Å². The molecule has 0 saturated carbocycles. The quantitative estimate of drug-likeness (QED) is 0.894. The Hall–Kier alpha value is -1.46. The predicted molar refractivity (Wildman–Crippen MR) is 80.4 cm³/mol. The largest absolute Gasteiger partial charge is 0.439 e. The zero-order chi connectivity index (χ0) is 14.5. The first-order chi connectivity index (χ1) is 9.58. The number of nitrogens with two attached hydrogens (primary N) is 1. The molecule has 2 rings (SSSR count). The Kier molecular flexibility index (Phi) is 5.09. The van der Waals surface area contributed by atoms with Gasteiger partial charge in [0, 0.05) is 24.4 Å². The minimum absolute atomic E-state index is 0.143. The highest BCUT2D eigenvalue weighted by Crippen LogP contribution is 2.24. The van der Waals surface area contributed by atoms with Crippen LogP contribution in [-0.2, 0) is 6.42 Å². The van der Waals surface area contributed by atoms with Gasteiger partial charge in [-0.15, -0.1) is 0 Å². The Morgan fingerprint density at radius 2 is 2.15 bits per heavy atom. The fourth-order valence-corrected chi connectivity index (χ4v) is 1.95. The number of benzene rings is 1. The number of hydrogen-bond donors (Lipinski definition) is 1. The summed E-state index contributed by atoms with van der Waals surface area (Å²) in [6.07, 6.45) is 3.45. The van der Waals surface area contributed by atoms with Crippen LogP contribution in [0, 0.1) is 5.82 Å². The smallest absolute Gasteiger partial charge is 0.219 e. The van der Waals surface area contributed by atoms with Gasteiger partial charge in [0.1, 0.15) is 11.6 Å². The molecule has 2 N–H and O–H groups in total. The van der Waals surface area contributed by atoms with Gasteiger partial charge in [0.05, 0.1) is 4.47 Å². The first kappa shape index (κ1) is 14.9. The molecular formula is C15H16BrFN2O. The zero-order valence-corrected chi connectivity index (χ0v) is 12.7. The SMILES string of the molecule is CCC(N)Cc1ccc(Oc2ccc(Br)c(F)c2)nc1. The summed E-state index contributed by atoms with van der Waals surface area (Å²) in [5, 5.41) is 0. The van der Waals surface area contributed by atoms with Crippen LogP contribution in [0.4, 0.5) is 4.39 Å². The lowest BCUT2D eigenvalue weighted by atomic mass is 10.1. The van der Waals surface area contributed by atoms with Gasteiger partial charge in [-0.05, 0) is 46.5 Å². The number of halogens is 2. The lowest BCUT2D eigenvalue weighted by molar-refractivity contribution is 0.457. The molecule has 106 valence electrons. The van der Waals surface area contributed by atoms with Crippen molar-refractivity contribution in [2.75, 3.05) is 0 Å². The van der Waals surface area contributed by atoms with Crippen molar-refractivity contribution in [3.05, 3.63) is 52.4 Å². The highest BCUT2D eigenvalue weighted by molar-refractivity contribution is 9.10. The van der Waals surface area contributed by atoms with E-state index in [1.54, 1.807) is 24.4 Å². The van der Waals surface area contributed by atoms with Crippen molar-refractivity contribution in [2.45, 2.75) is 25.8 Å². The second-order valence-electron chi connectivity index (χ2n) is 4.56. The first-order valence-electron chi connectivity index (χ1n) is 6.42. The van der Waals surface area contributed by atoms with E-state index in [9.17, 15) is 4.39 Å². The maximum Gasteiger partial charge on any atom is 0.219 e. The van der Waals surface area contributed by atoms with Crippen LogP contribution in [0.15, 0.2) is 41.0 Å². The number of rotatable bonds is 5. The molecule has 0 saturated heterocycles. The normalized spacial score (nSPS) is 12.2. The van der Waals surface area contributed by atoms with Crippen molar-refractivity contribution in [3.63, 3.8) is 0 Å². The fraction of sp³-hybridized carbons (Fsp3) is 0.267. The van der Waals surface area contributed by atoms with Crippen LogP contribution in [-0.4, -0.2) is 11.0 Å². The molecule has 0 spiro atoms. The van der Waals surface area contributed by atoms with Crippen molar-refractivity contribution in [3.8, 4) is 11.6 Å². The average Bonchev–Trinajstić information content (AvgIpc) is 2.45. The Morgan fingerprint density at radius 3 is 2.75 bits per heavy atom. The Balaban J connectivity index is 2.04. The molecule has 0 bridgehead atoms. The minimum Gasteiger partial charge on any atom is -0.439 e. The Morgan fingerprint density at radius 1 is 1.35 bits per heavy atom. The van der Waals surface area contributed by atoms with Gasteiger partial charge < -0.3 is 10.5 Å². The highest BCUT2D eigenvalue weighted by Gasteiger charge is 2.05. The predicted octanol–water partition coefficient (Wildman–Crippen LogP) is 4.06. The van der Waals surface area contributed by atoms with Gasteiger partial charge in [0.15, 0.2) is 0 Å². The second-order valence-corrected chi connectivity index (χ2v) is 5.41. The van der Waals surface area contributed by atoms with E-state index in [1.165, 1.54) is 6.07 Å². The van der Waals surface area contributed by atoms with E-state index in [1.807, 2.05) is 6.07 Å². The van der Waals surface area contributed by atoms with E-state index in [2.05, 4.69) is 27.8 Å². The Labute approximate surface area is 126 Å². The molecule has 0 aliphatic carbocycles. The molecular weight excluding hydrogens is 323 g/mol. The van der Waals surface area contributed by atoms with Crippen LogP contribution in [0.25, 0.3) is 0 Å². The molecule has 20 heavy (non-hydrogen) atoms. The highest BCUT2D eigenvalue weighted by atomic mass is 79.9. The lowest BCUT2D eigenvalue weighted by Gasteiger charge is -2.09. The molecule has 3 nitrogen and oxygen atoms in total. The molecule has 1 unspecified atom stereocenters. The average molecular weight is 339 g/mol. The van der Waals surface area contributed by atoms with Crippen molar-refractivity contribution in [1.82, 2.24) is 4.98 Å². The summed E-state index contributed by atoms with van der Waals surface area (Å²) in [7, 11) is 0. The van der Waals surface area contributed by atoms with Gasteiger partial charge in [-0.25, -0.2) is 9.37 Å². The minimum atomic E-state index is -0.368. The van der Waals surface area contributed by atoms with Crippen LogP contribution < -0.4 is 10.5 Å². The second kappa shape index (κ2) is 6.81. The molecule has 0 fully saturated rings. The molecule has 5 heteroatoms. The third-order valence-corrected chi connectivity index (χ3v) is 3.58. The summed E-state index contributed by atoms with van der Waals surface area (Å²) in [6, 6.07) is 8.41. The maximum absolute atomic E-state index is 13.4. The lowest BCUT2D eigenvalue weighted by Crippen LogP contribution is -2.21. The topological polar surface area (TPSA) is 48.1 Å². The number of nitrogens with zero attached hydrogens (tertiary/aromatic N) is 1. The van der Waals surface area contributed by atoms with Gasteiger partial charge in [-0.1, -0.05) is 13.0 Å². The number of pyridine rings is 1.